The summed E-state index contributed by atoms with van der Waals surface area (Å²) in [7, 11) is -1.61. The van der Waals surface area contributed by atoms with Gasteiger partial charge in [0, 0.05) is 0 Å². The standard InChI is InChI=1S/C12H9FO4S/c13-10-3-1-2-4-11(10)18(16)7-9-5-8(6-17-9)12(14)15/h1-6H,7H2,(H,14,15). The van der Waals surface area contributed by atoms with Gasteiger partial charge in [-0.3, -0.25) is 4.21 Å². The molecule has 94 valence electrons. The molecule has 1 aromatic heterocycles. The van der Waals surface area contributed by atoms with E-state index in [1.54, 1.807) is 6.07 Å². The van der Waals surface area contributed by atoms with Crippen molar-refractivity contribution in [2.75, 3.05) is 0 Å². The highest BCUT2D eigenvalue weighted by Gasteiger charge is 2.14. The fourth-order valence-electron chi connectivity index (χ4n) is 1.40. The Labute approximate surface area is 105 Å². The van der Waals surface area contributed by atoms with E-state index in [1.165, 1.54) is 24.3 Å². The Morgan fingerprint density at radius 1 is 1.39 bits per heavy atom. The number of hydrogen-bond acceptors (Lipinski definition) is 3. The van der Waals surface area contributed by atoms with Crippen molar-refractivity contribution >= 4 is 16.8 Å². The van der Waals surface area contributed by atoms with Crippen molar-refractivity contribution in [3.8, 4) is 0 Å². The van der Waals surface area contributed by atoms with Crippen molar-refractivity contribution in [1.29, 1.82) is 0 Å². The van der Waals surface area contributed by atoms with Crippen LogP contribution >= 0.6 is 0 Å². The summed E-state index contributed by atoms with van der Waals surface area (Å²) in [5.74, 6) is -1.50. The fourth-order valence-corrected chi connectivity index (χ4v) is 2.49. The number of carboxylic acid groups (broad SMARTS) is 1. The van der Waals surface area contributed by atoms with Gasteiger partial charge in [-0.25, -0.2) is 9.18 Å². The minimum Gasteiger partial charge on any atom is -0.478 e. The van der Waals surface area contributed by atoms with Gasteiger partial charge in [0.1, 0.15) is 17.8 Å². The Hall–Kier alpha value is -1.95. The molecule has 2 rings (SSSR count). The van der Waals surface area contributed by atoms with E-state index in [2.05, 4.69) is 0 Å². The van der Waals surface area contributed by atoms with E-state index in [0.717, 1.165) is 6.26 Å². The summed E-state index contributed by atoms with van der Waals surface area (Å²) in [6, 6.07) is 7.01. The highest BCUT2D eigenvalue weighted by atomic mass is 32.2. The first-order valence-corrected chi connectivity index (χ1v) is 6.33. The van der Waals surface area contributed by atoms with Gasteiger partial charge in [0.15, 0.2) is 0 Å². The van der Waals surface area contributed by atoms with Crippen LogP contribution in [0.4, 0.5) is 4.39 Å². The molecule has 0 saturated carbocycles. The van der Waals surface area contributed by atoms with Crippen molar-refractivity contribution in [1.82, 2.24) is 0 Å². The molecular weight excluding hydrogens is 259 g/mol. The minimum absolute atomic E-state index is 0.0180. The van der Waals surface area contributed by atoms with Crippen LogP contribution in [-0.2, 0) is 16.6 Å². The molecule has 0 aliphatic heterocycles. The van der Waals surface area contributed by atoms with Gasteiger partial charge in [-0.15, -0.1) is 0 Å². The predicted octanol–water partition coefficient (Wildman–Crippen LogP) is 2.42. The molecule has 0 radical (unpaired) electrons. The van der Waals surface area contributed by atoms with E-state index in [0.29, 0.717) is 0 Å². The second-order valence-electron chi connectivity index (χ2n) is 3.53. The van der Waals surface area contributed by atoms with Gasteiger partial charge >= 0.3 is 5.97 Å². The molecule has 1 unspecified atom stereocenters. The fraction of sp³-hybridized carbons (Fsp3) is 0.0833. The molecular formula is C12H9FO4S. The zero-order chi connectivity index (χ0) is 13.1. The Morgan fingerprint density at radius 2 is 2.11 bits per heavy atom. The van der Waals surface area contributed by atoms with Gasteiger partial charge in [-0.1, -0.05) is 12.1 Å². The van der Waals surface area contributed by atoms with Crippen molar-refractivity contribution in [2.45, 2.75) is 10.6 Å². The number of halogens is 1. The number of rotatable bonds is 4. The zero-order valence-electron chi connectivity index (χ0n) is 9.13. The van der Waals surface area contributed by atoms with E-state index in [9.17, 15) is 13.4 Å². The molecule has 0 spiro atoms. The molecule has 2 aromatic rings. The Morgan fingerprint density at radius 3 is 2.72 bits per heavy atom. The van der Waals surface area contributed by atoms with Crippen LogP contribution < -0.4 is 0 Å². The van der Waals surface area contributed by atoms with Gasteiger partial charge in [0.2, 0.25) is 0 Å². The van der Waals surface area contributed by atoms with Crippen LogP contribution in [0.5, 0.6) is 0 Å². The minimum atomic E-state index is -1.61. The molecule has 4 nitrogen and oxygen atoms in total. The average Bonchev–Trinajstić information content (AvgIpc) is 2.78. The zero-order valence-corrected chi connectivity index (χ0v) is 9.95. The first-order valence-electron chi connectivity index (χ1n) is 5.01. The van der Waals surface area contributed by atoms with E-state index >= 15 is 0 Å². The first kappa shape index (κ1) is 12.5. The molecule has 1 N–H and O–H groups in total. The average molecular weight is 268 g/mol. The van der Waals surface area contributed by atoms with E-state index in [-0.39, 0.29) is 22.0 Å². The number of benzene rings is 1. The first-order chi connectivity index (χ1) is 8.58. The van der Waals surface area contributed by atoms with Gasteiger partial charge in [0.25, 0.3) is 0 Å². The molecule has 0 aliphatic rings. The number of carboxylic acids is 1. The maximum absolute atomic E-state index is 13.4. The summed E-state index contributed by atoms with van der Waals surface area (Å²) in [5.41, 5.74) is -0.0180. The van der Waals surface area contributed by atoms with Crippen molar-refractivity contribution < 1.29 is 22.9 Å². The van der Waals surface area contributed by atoms with Crippen LogP contribution in [0.2, 0.25) is 0 Å². The predicted molar refractivity (Wildman–Crippen MR) is 62.2 cm³/mol. The number of carbonyl (C=O) groups is 1. The number of furan rings is 1. The maximum Gasteiger partial charge on any atom is 0.338 e. The number of aromatic carboxylic acids is 1. The smallest absolute Gasteiger partial charge is 0.338 e. The molecule has 1 aromatic carbocycles. The lowest BCUT2D eigenvalue weighted by Crippen LogP contribution is -1.98. The van der Waals surface area contributed by atoms with Crippen LogP contribution in [0.1, 0.15) is 16.1 Å². The van der Waals surface area contributed by atoms with Crippen molar-refractivity contribution in [3.63, 3.8) is 0 Å². The normalized spacial score (nSPS) is 12.3. The van der Waals surface area contributed by atoms with Gasteiger partial charge in [-0.2, -0.15) is 0 Å². The lowest BCUT2D eigenvalue weighted by Gasteiger charge is -2.01. The summed E-state index contributed by atoms with van der Waals surface area (Å²) in [4.78, 5) is 10.7. The lowest BCUT2D eigenvalue weighted by molar-refractivity contribution is 0.0696. The van der Waals surface area contributed by atoms with Crippen LogP contribution in [0.25, 0.3) is 0 Å². The summed E-state index contributed by atoms with van der Waals surface area (Å²) in [5, 5.41) is 8.70. The van der Waals surface area contributed by atoms with Gasteiger partial charge < -0.3 is 9.52 Å². The third kappa shape index (κ3) is 2.65. The van der Waals surface area contributed by atoms with Crippen LogP contribution in [0.15, 0.2) is 45.9 Å². The quantitative estimate of drug-likeness (QED) is 0.924. The molecule has 6 heteroatoms. The molecule has 0 saturated heterocycles. The molecule has 0 fully saturated rings. The lowest BCUT2D eigenvalue weighted by atomic mass is 10.3. The summed E-state index contributed by atoms with van der Waals surface area (Å²) in [6.07, 6.45) is 1.07. The Bertz CT molecular complexity index is 606. The maximum atomic E-state index is 13.4. The van der Waals surface area contributed by atoms with Crippen molar-refractivity contribution in [2.24, 2.45) is 0 Å². The third-order valence-electron chi connectivity index (χ3n) is 2.26. The van der Waals surface area contributed by atoms with Gasteiger partial charge in [0.05, 0.1) is 27.0 Å². The van der Waals surface area contributed by atoms with Crippen molar-refractivity contribution in [3.05, 3.63) is 53.7 Å². The monoisotopic (exact) mass is 268 g/mol. The summed E-state index contributed by atoms with van der Waals surface area (Å²) >= 11 is 0. The highest BCUT2D eigenvalue weighted by Crippen LogP contribution is 2.17. The van der Waals surface area contributed by atoms with Gasteiger partial charge in [-0.05, 0) is 18.2 Å². The topological polar surface area (TPSA) is 67.5 Å². The second kappa shape index (κ2) is 5.14. The van der Waals surface area contributed by atoms with Crippen LogP contribution in [-0.4, -0.2) is 15.3 Å². The Kier molecular flexibility index (Phi) is 3.57. The third-order valence-corrected chi connectivity index (χ3v) is 3.62. The molecule has 1 atom stereocenters. The van der Waals surface area contributed by atoms with Crippen LogP contribution in [0.3, 0.4) is 0 Å². The SMILES string of the molecule is O=C(O)c1coc(CS(=O)c2ccccc2F)c1. The molecule has 18 heavy (non-hydrogen) atoms. The molecule has 0 bridgehead atoms. The molecule has 0 aliphatic carbocycles. The second-order valence-corrected chi connectivity index (χ2v) is 4.95. The van der Waals surface area contributed by atoms with E-state index < -0.39 is 22.6 Å². The Balaban J connectivity index is 2.16. The number of hydrogen-bond donors (Lipinski definition) is 1. The summed E-state index contributed by atoms with van der Waals surface area (Å²) < 4.78 is 30.2. The highest BCUT2D eigenvalue weighted by molar-refractivity contribution is 7.84. The van der Waals surface area contributed by atoms with E-state index in [4.69, 9.17) is 9.52 Å². The van der Waals surface area contributed by atoms with E-state index in [1.807, 2.05) is 0 Å². The molecule has 1 heterocycles. The largest absolute Gasteiger partial charge is 0.478 e. The molecule has 0 amide bonds. The summed E-state index contributed by atoms with van der Waals surface area (Å²) in [6.45, 7) is 0. The van der Waals surface area contributed by atoms with Crippen LogP contribution in [0, 0.1) is 5.82 Å².